The predicted molar refractivity (Wildman–Crippen MR) is 86.1 cm³/mol. The molecular formula is C16H32N4. The van der Waals surface area contributed by atoms with Crippen molar-refractivity contribution in [3.05, 3.63) is 0 Å². The third-order valence-electron chi connectivity index (χ3n) is 4.38. The van der Waals surface area contributed by atoms with Gasteiger partial charge in [-0.25, -0.2) is 0 Å². The average molecular weight is 280 g/mol. The fourth-order valence-electron chi connectivity index (χ4n) is 3.01. The summed E-state index contributed by atoms with van der Waals surface area (Å²) in [6.45, 7) is 9.29. The second-order valence-electron chi connectivity index (χ2n) is 6.80. The summed E-state index contributed by atoms with van der Waals surface area (Å²) in [5.74, 6) is 2.62. The molecule has 0 bridgehead atoms. The number of nitrogens with one attached hydrogen (secondary N) is 2. The average Bonchev–Trinajstić information content (AvgIpc) is 3.09. The molecule has 0 aromatic rings. The Hall–Kier alpha value is -0.770. The van der Waals surface area contributed by atoms with Crippen LogP contribution in [0.4, 0.5) is 0 Å². The highest BCUT2D eigenvalue weighted by Crippen LogP contribution is 2.27. The van der Waals surface area contributed by atoms with Crippen molar-refractivity contribution in [2.75, 3.05) is 33.2 Å². The van der Waals surface area contributed by atoms with E-state index in [0.29, 0.717) is 6.04 Å². The highest BCUT2D eigenvalue weighted by molar-refractivity contribution is 5.79. The number of hydrogen-bond acceptors (Lipinski definition) is 2. The minimum Gasteiger partial charge on any atom is -0.356 e. The van der Waals surface area contributed by atoms with E-state index in [-0.39, 0.29) is 0 Å². The number of aliphatic imine (C=N–C) groups is 1. The van der Waals surface area contributed by atoms with Crippen LogP contribution in [0, 0.1) is 11.8 Å². The summed E-state index contributed by atoms with van der Waals surface area (Å²) in [5, 5.41) is 6.98. The topological polar surface area (TPSA) is 39.7 Å². The van der Waals surface area contributed by atoms with Crippen molar-refractivity contribution in [2.45, 2.75) is 52.0 Å². The zero-order valence-corrected chi connectivity index (χ0v) is 13.5. The van der Waals surface area contributed by atoms with Gasteiger partial charge in [-0.2, -0.15) is 0 Å². The van der Waals surface area contributed by atoms with E-state index in [9.17, 15) is 0 Å². The zero-order valence-electron chi connectivity index (χ0n) is 13.5. The molecule has 116 valence electrons. The maximum atomic E-state index is 4.34. The molecule has 1 atom stereocenters. The summed E-state index contributed by atoms with van der Waals surface area (Å²) in [5.41, 5.74) is 0. The van der Waals surface area contributed by atoms with Crippen LogP contribution in [0.1, 0.15) is 46.0 Å². The third kappa shape index (κ3) is 5.31. The molecular weight excluding hydrogens is 248 g/mol. The van der Waals surface area contributed by atoms with Gasteiger partial charge in [-0.15, -0.1) is 0 Å². The normalized spacial score (nSPS) is 22.3. The van der Waals surface area contributed by atoms with E-state index in [0.717, 1.165) is 30.9 Å². The number of nitrogens with zero attached hydrogens (tertiary/aromatic N) is 2. The van der Waals surface area contributed by atoms with Crippen molar-refractivity contribution >= 4 is 5.96 Å². The first-order valence-corrected chi connectivity index (χ1v) is 8.37. The lowest BCUT2D eigenvalue weighted by molar-refractivity contribution is 0.213. The monoisotopic (exact) mass is 280 g/mol. The Bertz CT molecular complexity index is 304. The van der Waals surface area contributed by atoms with Crippen LogP contribution >= 0.6 is 0 Å². The summed E-state index contributed by atoms with van der Waals surface area (Å²) < 4.78 is 0. The Morgan fingerprint density at radius 3 is 2.45 bits per heavy atom. The lowest BCUT2D eigenvalue weighted by Gasteiger charge is -2.29. The Kier molecular flexibility index (Phi) is 6.14. The molecule has 1 saturated carbocycles. The summed E-state index contributed by atoms with van der Waals surface area (Å²) in [6.07, 6.45) is 6.76. The molecule has 2 N–H and O–H groups in total. The van der Waals surface area contributed by atoms with Crippen molar-refractivity contribution < 1.29 is 0 Å². The van der Waals surface area contributed by atoms with Gasteiger partial charge in [0, 0.05) is 26.2 Å². The Morgan fingerprint density at radius 1 is 1.20 bits per heavy atom. The summed E-state index contributed by atoms with van der Waals surface area (Å²) in [4.78, 5) is 7.00. The number of rotatable bonds is 7. The maximum Gasteiger partial charge on any atom is 0.191 e. The quantitative estimate of drug-likeness (QED) is 0.554. The summed E-state index contributed by atoms with van der Waals surface area (Å²) in [7, 11) is 1.87. The largest absolute Gasteiger partial charge is 0.356 e. The van der Waals surface area contributed by atoms with Crippen molar-refractivity contribution in [3.63, 3.8) is 0 Å². The second kappa shape index (κ2) is 7.87. The van der Waals surface area contributed by atoms with Crippen molar-refractivity contribution in [1.29, 1.82) is 0 Å². The number of hydrogen-bond donors (Lipinski definition) is 2. The van der Waals surface area contributed by atoms with Crippen molar-refractivity contribution in [2.24, 2.45) is 16.8 Å². The molecule has 20 heavy (non-hydrogen) atoms. The molecule has 1 aliphatic carbocycles. The maximum absolute atomic E-state index is 4.34. The molecule has 0 aromatic heterocycles. The molecule has 1 aliphatic heterocycles. The van der Waals surface area contributed by atoms with E-state index in [1.807, 2.05) is 7.05 Å². The SMILES string of the molecule is CN=C(NCC1CC1)NCC(CC(C)C)N1CCCC1. The minimum atomic E-state index is 0.650. The van der Waals surface area contributed by atoms with E-state index >= 15 is 0 Å². The van der Waals surface area contributed by atoms with Gasteiger partial charge in [0.25, 0.3) is 0 Å². The second-order valence-corrected chi connectivity index (χ2v) is 6.80. The molecule has 1 heterocycles. The molecule has 1 saturated heterocycles. The summed E-state index contributed by atoms with van der Waals surface area (Å²) >= 11 is 0. The van der Waals surface area contributed by atoms with Crippen LogP contribution < -0.4 is 10.6 Å². The molecule has 0 amide bonds. The fourth-order valence-corrected chi connectivity index (χ4v) is 3.01. The standard InChI is InChI=1S/C16H32N4/c1-13(2)10-15(20-8-4-5-9-20)12-19-16(17-3)18-11-14-6-7-14/h13-15H,4-12H2,1-3H3,(H2,17,18,19). The van der Waals surface area contributed by atoms with Gasteiger partial charge in [0.05, 0.1) is 0 Å². The summed E-state index contributed by atoms with van der Waals surface area (Å²) in [6, 6.07) is 0.650. The van der Waals surface area contributed by atoms with Gasteiger partial charge in [0.1, 0.15) is 0 Å². The third-order valence-corrected chi connectivity index (χ3v) is 4.38. The van der Waals surface area contributed by atoms with E-state index < -0.39 is 0 Å². The van der Waals surface area contributed by atoms with Crippen LogP contribution in [0.5, 0.6) is 0 Å². The minimum absolute atomic E-state index is 0.650. The fraction of sp³-hybridized carbons (Fsp3) is 0.938. The highest BCUT2D eigenvalue weighted by atomic mass is 15.2. The lowest BCUT2D eigenvalue weighted by atomic mass is 10.0. The molecule has 0 radical (unpaired) electrons. The zero-order chi connectivity index (χ0) is 14.4. The molecule has 2 rings (SSSR count). The number of guanidine groups is 1. The smallest absolute Gasteiger partial charge is 0.191 e. The molecule has 1 unspecified atom stereocenters. The van der Waals surface area contributed by atoms with Crippen molar-refractivity contribution in [3.8, 4) is 0 Å². The van der Waals surface area contributed by atoms with Crippen LogP contribution in [0.15, 0.2) is 4.99 Å². The molecule has 4 nitrogen and oxygen atoms in total. The Morgan fingerprint density at radius 2 is 1.90 bits per heavy atom. The molecule has 0 spiro atoms. The molecule has 2 aliphatic rings. The van der Waals surface area contributed by atoms with Crippen molar-refractivity contribution in [1.82, 2.24) is 15.5 Å². The highest BCUT2D eigenvalue weighted by Gasteiger charge is 2.24. The van der Waals surface area contributed by atoms with Gasteiger partial charge >= 0.3 is 0 Å². The van der Waals surface area contributed by atoms with Crippen LogP contribution in [-0.4, -0.2) is 50.1 Å². The first-order valence-electron chi connectivity index (χ1n) is 8.37. The van der Waals surface area contributed by atoms with E-state index in [1.165, 1.54) is 45.2 Å². The Labute approximate surface area is 124 Å². The first kappa shape index (κ1) is 15.6. The van der Waals surface area contributed by atoms with E-state index in [4.69, 9.17) is 0 Å². The molecule has 0 aromatic carbocycles. The van der Waals surface area contributed by atoms with E-state index in [2.05, 4.69) is 34.4 Å². The number of likely N-dealkylation sites (tertiary alicyclic amines) is 1. The molecule has 4 heteroatoms. The Balaban J connectivity index is 1.76. The van der Waals surface area contributed by atoms with Crippen LogP contribution in [0.25, 0.3) is 0 Å². The van der Waals surface area contributed by atoms with Crippen LogP contribution in [-0.2, 0) is 0 Å². The lowest BCUT2D eigenvalue weighted by Crippen LogP contribution is -2.47. The first-order chi connectivity index (χ1) is 9.69. The van der Waals surface area contributed by atoms with Crippen LogP contribution in [0.2, 0.25) is 0 Å². The van der Waals surface area contributed by atoms with Gasteiger partial charge in [0.2, 0.25) is 0 Å². The van der Waals surface area contributed by atoms with Gasteiger partial charge in [-0.1, -0.05) is 13.8 Å². The van der Waals surface area contributed by atoms with Gasteiger partial charge in [0.15, 0.2) is 5.96 Å². The van der Waals surface area contributed by atoms with Crippen LogP contribution in [0.3, 0.4) is 0 Å². The predicted octanol–water partition coefficient (Wildman–Crippen LogP) is 2.07. The van der Waals surface area contributed by atoms with Gasteiger partial charge in [-0.3, -0.25) is 9.89 Å². The van der Waals surface area contributed by atoms with E-state index in [1.54, 1.807) is 0 Å². The van der Waals surface area contributed by atoms with Gasteiger partial charge < -0.3 is 10.6 Å². The van der Waals surface area contributed by atoms with Gasteiger partial charge in [-0.05, 0) is 57.0 Å². The molecule has 2 fully saturated rings.